The Labute approximate surface area is 128 Å². The summed E-state index contributed by atoms with van der Waals surface area (Å²) in [7, 11) is 0. The summed E-state index contributed by atoms with van der Waals surface area (Å²) in [5.74, 6) is -0.0996. The lowest BCUT2D eigenvalue weighted by atomic mass is 10.1. The third kappa shape index (κ3) is 2.57. The maximum Gasteiger partial charge on any atom is 0.274 e. The molecule has 118 valence electrons. The highest BCUT2D eigenvalue weighted by Crippen LogP contribution is 2.35. The van der Waals surface area contributed by atoms with Crippen LogP contribution in [0.3, 0.4) is 0 Å². The smallest absolute Gasteiger partial charge is 0.274 e. The SMILES string of the molecule is CCN1CCO[C@@H](C(=O)N2CCc3c2cccc3[N+](=O)[O-])C1. The van der Waals surface area contributed by atoms with Gasteiger partial charge in [0.05, 0.1) is 22.8 Å². The van der Waals surface area contributed by atoms with Crippen LogP contribution >= 0.6 is 0 Å². The molecule has 0 unspecified atom stereocenters. The minimum atomic E-state index is -0.487. The van der Waals surface area contributed by atoms with Crippen molar-refractivity contribution < 1.29 is 14.5 Å². The molecule has 2 heterocycles. The number of morpholine rings is 1. The van der Waals surface area contributed by atoms with Crippen molar-refractivity contribution in [1.29, 1.82) is 0 Å². The molecule has 1 saturated heterocycles. The van der Waals surface area contributed by atoms with Crippen molar-refractivity contribution >= 4 is 17.3 Å². The van der Waals surface area contributed by atoms with Gasteiger partial charge in [-0.15, -0.1) is 0 Å². The highest BCUT2D eigenvalue weighted by Gasteiger charge is 2.35. The van der Waals surface area contributed by atoms with Crippen molar-refractivity contribution in [3.63, 3.8) is 0 Å². The lowest BCUT2D eigenvalue weighted by Crippen LogP contribution is -2.50. The zero-order valence-corrected chi connectivity index (χ0v) is 12.5. The first-order chi connectivity index (χ1) is 10.6. The van der Waals surface area contributed by atoms with E-state index in [1.54, 1.807) is 17.0 Å². The van der Waals surface area contributed by atoms with Gasteiger partial charge in [0, 0.05) is 25.7 Å². The van der Waals surface area contributed by atoms with Crippen molar-refractivity contribution in [3.8, 4) is 0 Å². The van der Waals surface area contributed by atoms with E-state index in [9.17, 15) is 14.9 Å². The van der Waals surface area contributed by atoms with Gasteiger partial charge < -0.3 is 9.64 Å². The molecule has 7 nitrogen and oxygen atoms in total. The predicted octanol–water partition coefficient (Wildman–Crippen LogP) is 1.20. The molecule has 2 aliphatic heterocycles. The average molecular weight is 305 g/mol. The molecule has 1 aromatic carbocycles. The van der Waals surface area contributed by atoms with Crippen molar-refractivity contribution in [3.05, 3.63) is 33.9 Å². The number of likely N-dealkylation sites (N-methyl/N-ethyl adjacent to an activating group) is 1. The molecule has 0 aliphatic carbocycles. The number of rotatable bonds is 3. The number of amides is 1. The van der Waals surface area contributed by atoms with Gasteiger partial charge in [-0.25, -0.2) is 0 Å². The van der Waals surface area contributed by atoms with Gasteiger partial charge in [0.1, 0.15) is 6.10 Å². The van der Waals surface area contributed by atoms with Crippen LogP contribution in [0, 0.1) is 10.1 Å². The van der Waals surface area contributed by atoms with Crippen molar-refractivity contribution in [1.82, 2.24) is 4.90 Å². The number of benzene rings is 1. The van der Waals surface area contributed by atoms with Crippen molar-refractivity contribution in [2.45, 2.75) is 19.4 Å². The maximum absolute atomic E-state index is 12.7. The van der Waals surface area contributed by atoms with Crippen LogP contribution in [0.4, 0.5) is 11.4 Å². The minimum Gasteiger partial charge on any atom is -0.366 e. The molecule has 1 amide bonds. The number of nitro benzene ring substituents is 1. The van der Waals surface area contributed by atoms with E-state index in [1.165, 1.54) is 6.07 Å². The van der Waals surface area contributed by atoms with Crippen LogP contribution in [0.25, 0.3) is 0 Å². The van der Waals surface area contributed by atoms with E-state index >= 15 is 0 Å². The number of carbonyl (C=O) groups is 1. The van der Waals surface area contributed by atoms with Crippen LogP contribution in [0.1, 0.15) is 12.5 Å². The highest BCUT2D eigenvalue weighted by atomic mass is 16.6. The second-order valence-electron chi connectivity index (χ2n) is 5.52. The van der Waals surface area contributed by atoms with Gasteiger partial charge in [-0.2, -0.15) is 0 Å². The molecular weight excluding hydrogens is 286 g/mol. The van der Waals surface area contributed by atoms with E-state index in [0.29, 0.717) is 37.4 Å². The first kappa shape index (κ1) is 14.9. The molecule has 1 aromatic rings. The minimum absolute atomic E-state index is 0.0903. The van der Waals surface area contributed by atoms with Crippen molar-refractivity contribution in [2.24, 2.45) is 0 Å². The van der Waals surface area contributed by atoms with Gasteiger partial charge in [0.25, 0.3) is 11.6 Å². The summed E-state index contributed by atoms with van der Waals surface area (Å²) >= 11 is 0. The van der Waals surface area contributed by atoms with E-state index < -0.39 is 6.10 Å². The Kier molecular flexibility index (Phi) is 4.08. The van der Waals surface area contributed by atoms with Gasteiger partial charge in [-0.3, -0.25) is 19.8 Å². The predicted molar refractivity (Wildman–Crippen MR) is 81.0 cm³/mol. The number of carbonyl (C=O) groups excluding carboxylic acids is 1. The fraction of sp³-hybridized carbons (Fsp3) is 0.533. The third-order valence-corrected chi connectivity index (χ3v) is 4.34. The van der Waals surface area contributed by atoms with Crippen LogP contribution in [0.5, 0.6) is 0 Å². The normalized spacial score (nSPS) is 21.7. The fourth-order valence-corrected chi connectivity index (χ4v) is 3.13. The topological polar surface area (TPSA) is 75.9 Å². The zero-order valence-electron chi connectivity index (χ0n) is 12.5. The Balaban J connectivity index is 1.82. The molecule has 3 rings (SSSR count). The molecule has 0 spiro atoms. The number of fused-ring (bicyclic) bond motifs is 1. The van der Waals surface area contributed by atoms with Gasteiger partial charge in [0.2, 0.25) is 0 Å². The second-order valence-corrected chi connectivity index (χ2v) is 5.52. The largest absolute Gasteiger partial charge is 0.366 e. The van der Waals surface area contributed by atoms with Gasteiger partial charge in [-0.05, 0) is 19.0 Å². The summed E-state index contributed by atoms with van der Waals surface area (Å²) in [6.07, 6.45) is 0.0292. The van der Waals surface area contributed by atoms with E-state index in [4.69, 9.17) is 4.74 Å². The Morgan fingerprint density at radius 1 is 1.45 bits per heavy atom. The molecular formula is C15H19N3O4. The molecule has 0 bridgehead atoms. The van der Waals surface area contributed by atoms with Crippen LogP contribution in [0.15, 0.2) is 18.2 Å². The highest BCUT2D eigenvalue weighted by molar-refractivity contribution is 5.99. The van der Waals surface area contributed by atoms with Crippen LogP contribution in [-0.4, -0.2) is 54.6 Å². The lowest BCUT2D eigenvalue weighted by Gasteiger charge is -2.33. The summed E-state index contributed by atoms with van der Waals surface area (Å²) in [4.78, 5) is 27.2. The molecule has 0 saturated carbocycles. The number of hydrogen-bond acceptors (Lipinski definition) is 5. The number of hydrogen-bond donors (Lipinski definition) is 0. The van der Waals surface area contributed by atoms with E-state index in [-0.39, 0.29) is 16.5 Å². The quantitative estimate of drug-likeness (QED) is 0.619. The van der Waals surface area contributed by atoms with E-state index in [2.05, 4.69) is 11.8 Å². The second kappa shape index (κ2) is 6.02. The van der Waals surface area contributed by atoms with Gasteiger partial charge >= 0.3 is 0 Å². The first-order valence-electron chi connectivity index (χ1n) is 7.53. The van der Waals surface area contributed by atoms with Crippen molar-refractivity contribution in [2.75, 3.05) is 37.7 Å². The number of ether oxygens (including phenoxy) is 1. The molecule has 2 aliphatic rings. The molecule has 1 atom stereocenters. The first-order valence-corrected chi connectivity index (χ1v) is 7.53. The summed E-state index contributed by atoms with van der Waals surface area (Å²) in [6, 6.07) is 4.89. The Hall–Kier alpha value is -1.99. The summed E-state index contributed by atoms with van der Waals surface area (Å²) < 4.78 is 5.61. The summed E-state index contributed by atoms with van der Waals surface area (Å²) in [5.41, 5.74) is 1.38. The fourth-order valence-electron chi connectivity index (χ4n) is 3.13. The van der Waals surface area contributed by atoms with Gasteiger partial charge in [-0.1, -0.05) is 13.0 Å². The van der Waals surface area contributed by atoms with Crippen LogP contribution in [-0.2, 0) is 16.0 Å². The zero-order chi connectivity index (χ0) is 15.7. The van der Waals surface area contributed by atoms with Crippen LogP contribution in [0.2, 0.25) is 0 Å². The summed E-state index contributed by atoms with van der Waals surface area (Å²) in [5, 5.41) is 11.1. The third-order valence-electron chi connectivity index (χ3n) is 4.34. The molecule has 1 fully saturated rings. The monoisotopic (exact) mass is 305 g/mol. The molecule has 0 N–H and O–H groups in total. The standard InChI is InChI=1S/C15H19N3O4/c1-2-16-8-9-22-14(10-16)15(19)17-7-6-11-12(17)4-3-5-13(11)18(20)21/h3-5,14H,2,6-10H2,1H3/t14-/m1/s1. The number of nitrogens with zero attached hydrogens (tertiary/aromatic N) is 3. The number of nitro groups is 1. The Morgan fingerprint density at radius 2 is 2.27 bits per heavy atom. The van der Waals surface area contributed by atoms with E-state index in [1.807, 2.05) is 0 Å². The molecule has 7 heteroatoms. The lowest BCUT2D eigenvalue weighted by molar-refractivity contribution is -0.385. The summed E-state index contributed by atoms with van der Waals surface area (Å²) in [6.45, 7) is 5.37. The molecule has 0 aromatic heterocycles. The van der Waals surface area contributed by atoms with Crippen LogP contribution < -0.4 is 4.90 Å². The average Bonchev–Trinajstić information content (AvgIpc) is 2.97. The molecule has 0 radical (unpaired) electrons. The maximum atomic E-state index is 12.7. The van der Waals surface area contributed by atoms with E-state index in [0.717, 1.165) is 13.1 Å². The Bertz CT molecular complexity index is 604. The van der Waals surface area contributed by atoms with Gasteiger partial charge in [0.15, 0.2) is 0 Å². The Morgan fingerprint density at radius 3 is 3.00 bits per heavy atom. The number of anilines is 1. The molecule has 22 heavy (non-hydrogen) atoms.